The molecule has 0 heterocycles. The molecule has 2 aromatic carbocycles. The lowest BCUT2D eigenvalue weighted by Gasteiger charge is -2.09. The second-order valence-corrected chi connectivity index (χ2v) is 5.89. The van der Waals surface area contributed by atoms with Crippen LogP contribution in [-0.2, 0) is 15.9 Å². The third-order valence-electron chi connectivity index (χ3n) is 3.72. The normalized spacial score (nSPS) is 10.4. The minimum atomic E-state index is 0.535. The molecule has 2 rings (SSSR count). The molecule has 0 spiro atoms. The molecule has 4 heteroatoms. The van der Waals surface area contributed by atoms with Gasteiger partial charge in [0.1, 0.15) is 24.7 Å². The Morgan fingerprint density at radius 1 is 0.593 bits per heavy atom. The number of ether oxygens (including phenoxy) is 4. The highest BCUT2D eigenvalue weighted by Crippen LogP contribution is 2.18. The average molecular weight is 368 g/mol. The molecule has 0 saturated carbocycles. The Morgan fingerprint density at radius 2 is 1.00 bits per heavy atom. The SMILES string of the molecule is C=CCOCCOc1ccc(Cc2ccc(OCCOCC=C)cc2)cc1. The van der Waals surface area contributed by atoms with Crippen molar-refractivity contribution in [2.75, 3.05) is 39.6 Å². The fraction of sp³-hybridized carbons (Fsp3) is 0.304. The second kappa shape index (κ2) is 12.7. The fourth-order valence-corrected chi connectivity index (χ4v) is 2.41. The van der Waals surface area contributed by atoms with Gasteiger partial charge in [0.25, 0.3) is 0 Å². The standard InChI is InChI=1S/C23H28O4/c1-3-13-24-15-17-26-22-9-5-20(6-10-22)19-21-7-11-23(12-8-21)27-18-16-25-14-4-2/h3-12H,1-2,13-19H2. The lowest BCUT2D eigenvalue weighted by Crippen LogP contribution is -2.06. The van der Waals surface area contributed by atoms with Crippen molar-refractivity contribution in [3.63, 3.8) is 0 Å². The summed E-state index contributed by atoms with van der Waals surface area (Å²) in [6.45, 7) is 10.5. The molecule has 27 heavy (non-hydrogen) atoms. The third kappa shape index (κ3) is 8.58. The molecule has 144 valence electrons. The van der Waals surface area contributed by atoms with Gasteiger partial charge < -0.3 is 18.9 Å². The quantitative estimate of drug-likeness (QED) is 0.365. The van der Waals surface area contributed by atoms with Crippen molar-refractivity contribution in [1.29, 1.82) is 0 Å². The number of hydrogen-bond donors (Lipinski definition) is 0. The molecule has 0 unspecified atom stereocenters. The van der Waals surface area contributed by atoms with E-state index in [1.165, 1.54) is 11.1 Å². The zero-order valence-electron chi connectivity index (χ0n) is 15.8. The van der Waals surface area contributed by atoms with Crippen LogP contribution in [0.15, 0.2) is 73.8 Å². The Kier molecular flexibility index (Phi) is 9.79. The molecule has 0 atom stereocenters. The first-order valence-electron chi connectivity index (χ1n) is 9.12. The Balaban J connectivity index is 1.72. The highest BCUT2D eigenvalue weighted by atomic mass is 16.5. The predicted octanol–water partition coefficient (Wildman–Crippen LogP) is 4.44. The van der Waals surface area contributed by atoms with E-state index in [9.17, 15) is 0 Å². The first-order valence-corrected chi connectivity index (χ1v) is 9.12. The van der Waals surface area contributed by atoms with Gasteiger partial charge in [-0.25, -0.2) is 0 Å². The molecule has 4 nitrogen and oxygen atoms in total. The third-order valence-corrected chi connectivity index (χ3v) is 3.72. The minimum absolute atomic E-state index is 0.535. The first kappa shape index (κ1) is 20.7. The van der Waals surface area contributed by atoms with Crippen molar-refractivity contribution in [2.24, 2.45) is 0 Å². The van der Waals surface area contributed by atoms with Gasteiger partial charge in [0.2, 0.25) is 0 Å². The summed E-state index contributed by atoms with van der Waals surface area (Å²) in [7, 11) is 0. The van der Waals surface area contributed by atoms with Gasteiger partial charge in [0.05, 0.1) is 26.4 Å². The van der Waals surface area contributed by atoms with Crippen molar-refractivity contribution in [1.82, 2.24) is 0 Å². The van der Waals surface area contributed by atoms with E-state index in [-0.39, 0.29) is 0 Å². The summed E-state index contributed by atoms with van der Waals surface area (Å²) in [5.41, 5.74) is 2.47. The predicted molar refractivity (Wildman–Crippen MR) is 109 cm³/mol. The molecule has 0 aliphatic heterocycles. The molecule has 0 N–H and O–H groups in total. The number of rotatable bonds is 14. The minimum Gasteiger partial charge on any atom is -0.491 e. The van der Waals surface area contributed by atoms with E-state index in [1.54, 1.807) is 12.2 Å². The number of hydrogen-bond acceptors (Lipinski definition) is 4. The van der Waals surface area contributed by atoms with E-state index >= 15 is 0 Å². The van der Waals surface area contributed by atoms with Crippen LogP contribution >= 0.6 is 0 Å². The summed E-state index contributed by atoms with van der Waals surface area (Å²) in [5.74, 6) is 1.70. The van der Waals surface area contributed by atoms with Gasteiger partial charge in [-0.2, -0.15) is 0 Å². The molecule has 0 saturated heterocycles. The zero-order chi connectivity index (χ0) is 19.2. The zero-order valence-corrected chi connectivity index (χ0v) is 15.8. The van der Waals surface area contributed by atoms with Crippen molar-refractivity contribution < 1.29 is 18.9 Å². The van der Waals surface area contributed by atoms with Crippen LogP contribution in [0.5, 0.6) is 11.5 Å². The maximum atomic E-state index is 5.64. The van der Waals surface area contributed by atoms with Crippen molar-refractivity contribution in [3.8, 4) is 11.5 Å². The van der Waals surface area contributed by atoms with E-state index in [1.807, 2.05) is 24.3 Å². The molecule has 0 aromatic heterocycles. The Morgan fingerprint density at radius 3 is 1.37 bits per heavy atom. The molecule has 0 aliphatic carbocycles. The molecule has 0 fully saturated rings. The van der Waals surface area contributed by atoms with Crippen LogP contribution in [0.4, 0.5) is 0 Å². The van der Waals surface area contributed by atoms with Crippen LogP contribution in [0.1, 0.15) is 11.1 Å². The van der Waals surface area contributed by atoms with Crippen LogP contribution in [0, 0.1) is 0 Å². The summed E-state index contributed by atoms with van der Waals surface area (Å²) in [5, 5.41) is 0. The lowest BCUT2D eigenvalue weighted by molar-refractivity contribution is 0.121. The molecular formula is C23H28O4. The van der Waals surface area contributed by atoms with Gasteiger partial charge in [-0.05, 0) is 41.8 Å². The summed E-state index contributed by atoms with van der Waals surface area (Å²) in [6.07, 6.45) is 4.32. The first-order chi connectivity index (χ1) is 13.3. The van der Waals surface area contributed by atoms with E-state index < -0.39 is 0 Å². The van der Waals surface area contributed by atoms with Crippen molar-refractivity contribution in [2.45, 2.75) is 6.42 Å². The summed E-state index contributed by atoms with van der Waals surface area (Å²) in [6, 6.07) is 16.3. The highest BCUT2D eigenvalue weighted by molar-refractivity contribution is 5.34. The van der Waals surface area contributed by atoms with E-state index in [2.05, 4.69) is 37.4 Å². The van der Waals surface area contributed by atoms with Gasteiger partial charge >= 0.3 is 0 Å². The van der Waals surface area contributed by atoms with Gasteiger partial charge in [-0.3, -0.25) is 0 Å². The molecule has 0 radical (unpaired) electrons. The monoisotopic (exact) mass is 368 g/mol. The second-order valence-electron chi connectivity index (χ2n) is 5.89. The Labute approximate surface area is 162 Å². The van der Waals surface area contributed by atoms with E-state index in [0.717, 1.165) is 17.9 Å². The maximum absolute atomic E-state index is 5.64. The lowest BCUT2D eigenvalue weighted by atomic mass is 10.0. The molecule has 2 aromatic rings. The highest BCUT2D eigenvalue weighted by Gasteiger charge is 2.00. The van der Waals surface area contributed by atoms with Crippen LogP contribution in [0.3, 0.4) is 0 Å². The molecule has 0 bridgehead atoms. The molecular weight excluding hydrogens is 340 g/mol. The van der Waals surface area contributed by atoms with Gasteiger partial charge in [-0.15, -0.1) is 13.2 Å². The van der Waals surface area contributed by atoms with Crippen LogP contribution in [0.25, 0.3) is 0 Å². The Hall–Kier alpha value is -2.56. The number of benzene rings is 2. The fourth-order valence-electron chi connectivity index (χ4n) is 2.41. The van der Waals surface area contributed by atoms with Crippen LogP contribution in [-0.4, -0.2) is 39.6 Å². The maximum Gasteiger partial charge on any atom is 0.119 e. The average Bonchev–Trinajstić information content (AvgIpc) is 2.70. The van der Waals surface area contributed by atoms with Crippen molar-refractivity contribution >= 4 is 0 Å². The smallest absolute Gasteiger partial charge is 0.119 e. The van der Waals surface area contributed by atoms with E-state index in [0.29, 0.717) is 39.6 Å². The summed E-state index contributed by atoms with van der Waals surface area (Å²) >= 11 is 0. The largest absolute Gasteiger partial charge is 0.491 e. The topological polar surface area (TPSA) is 36.9 Å². The van der Waals surface area contributed by atoms with Crippen molar-refractivity contribution in [3.05, 3.63) is 85.0 Å². The van der Waals surface area contributed by atoms with Gasteiger partial charge in [0.15, 0.2) is 0 Å². The van der Waals surface area contributed by atoms with Crippen LogP contribution in [0.2, 0.25) is 0 Å². The molecule has 0 amide bonds. The Bertz CT molecular complexity index is 602. The summed E-state index contributed by atoms with van der Waals surface area (Å²) in [4.78, 5) is 0. The van der Waals surface area contributed by atoms with Gasteiger partial charge in [-0.1, -0.05) is 36.4 Å². The summed E-state index contributed by atoms with van der Waals surface area (Å²) < 4.78 is 21.9. The van der Waals surface area contributed by atoms with Crippen LogP contribution < -0.4 is 9.47 Å². The molecule has 0 aliphatic rings. The van der Waals surface area contributed by atoms with E-state index in [4.69, 9.17) is 18.9 Å². The van der Waals surface area contributed by atoms with Gasteiger partial charge in [0, 0.05) is 0 Å².